The van der Waals surface area contributed by atoms with Crippen molar-refractivity contribution in [3.05, 3.63) is 59.4 Å². The third kappa shape index (κ3) is 3.80. The van der Waals surface area contributed by atoms with Gasteiger partial charge in [0.05, 0.1) is 11.4 Å². The first-order chi connectivity index (χ1) is 11.0. The summed E-state index contributed by atoms with van der Waals surface area (Å²) in [6.07, 6.45) is 2.17. The maximum atomic E-state index is 4.84. The highest BCUT2D eigenvalue weighted by molar-refractivity contribution is 5.67. The van der Waals surface area contributed by atoms with Gasteiger partial charge < -0.3 is 9.30 Å². The van der Waals surface area contributed by atoms with Gasteiger partial charge in [-0.25, -0.2) is 4.98 Å². The van der Waals surface area contributed by atoms with Gasteiger partial charge in [0, 0.05) is 18.3 Å². The van der Waals surface area contributed by atoms with Crippen LogP contribution in [0.1, 0.15) is 30.7 Å². The lowest BCUT2D eigenvalue weighted by Crippen LogP contribution is -2.13. The predicted octanol–water partition coefficient (Wildman–Crippen LogP) is 4.71. The standard InChI is InChI=1S/C18H21N3.C2H6/c1-13-5-8-15(9-6-13)18-16(12-20(3)4)21-11-14(2)7-10-17(21)19-18;1-2/h5-11H,12H2,1-4H3;1-2H3. The van der Waals surface area contributed by atoms with Crippen molar-refractivity contribution in [1.82, 2.24) is 14.3 Å². The third-order valence-corrected chi connectivity index (χ3v) is 3.66. The SMILES string of the molecule is CC.Cc1ccc(-c2nc3ccc(C)cn3c2CN(C)C)cc1. The normalized spacial score (nSPS) is 10.7. The van der Waals surface area contributed by atoms with Crippen LogP contribution in [0, 0.1) is 13.8 Å². The predicted molar refractivity (Wildman–Crippen MR) is 98.8 cm³/mol. The van der Waals surface area contributed by atoms with E-state index in [1.807, 2.05) is 13.8 Å². The number of benzene rings is 1. The summed E-state index contributed by atoms with van der Waals surface area (Å²) in [5.41, 5.74) is 7.02. The summed E-state index contributed by atoms with van der Waals surface area (Å²) >= 11 is 0. The molecule has 0 aliphatic rings. The first-order valence-corrected chi connectivity index (χ1v) is 8.24. The molecule has 2 aromatic heterocycles. The highest BCUT2D eigenvalue weighted by atomic mass is 15.1. The molecule has 0 spiro atoms. The Balaban J connectivity index is 0.000000924. The molecule has 3 aromatic rings. The molecule has 3 heteroatoms. The molecule has 0 saturated carbocycles. The highest BCUT2D eigenvalue weighted by Crippen LogP contribution is 2.26. The van der Waals surface area contributed by atoms with Gasteiger partial charge in [-0.3, -0.25) is 0 Å². The first-order valence-electron chi connectivity index (χ1n) is 8.24. The fourth-order valence-corrected chi connectivity index (χ4v) is 2.59. The second-order valence-corrected chi connectivity index (χ2v) is 5.95. The third-order valence-electron chi connectivity index (χ3n) is 3.66. The second kappa shape index (κ2) is 7.42. The molecule has 0 bridgehead atoms. The Morgan fingerprint density at radius 1 is 0.913 bits per heavy atom. The molecule has 122 valence electrons. The summed E-state index contributed by atoms with van der Waals surface area (Å²) < 4.78 is 2.21. The molecule has 0 saturated heterocycles. The van der Waals surface area contributed by atoms with Crippen LogP contribution < -0.4 is 0 Å². The van der Waals surface area contributed by atoms with Crippen LogP contribution in [-0.2, 0) is 6.54 Å². The number of aromatic nitrogens is 2. The van der Waals surface area contributed by atoms with Crippen LogP contribution in [0.25, 0.3) is 16.9 Å². The lowest BCUT2D eigenvalue weighted by atomic mass is 10.1. The van der Waals surface area contributed by atoms with Gasteiger partial charge in [0.15, 0.2) is 0 Å². The number of rotatable bonds is 3. The van der Waals surface area contributed by atoms with E-state index in [4.69, 9.17) is 4.98 Å². The van der Waals surface area contributed by atoms with Crippen LogP contribution >= 0.6 is 0 Å². The zero-order valence-corrected chi connectivity index (χ0v) is 15.1. The molecule has 2 heterocycles. The van der Waals surface area contributed by atoms with Crippen molar-refractivity contribution in [1.29, 1.82) is 0 Å². The number of nitrogens with zero attached hydrogens (tertiary/aromatic N) is 3. The van der Waals surface area contributed by atoms with E-state index >= 15 is 0 Å². The Hall–Kier alpha value is -2.13. The molecule has 0 amide bonds. The van der Waals surface area contributed by atoms with E-state index in [2.05, 4.69) is 79.8 Å². The van der Waals surface area contributed by atoms with Gasteiger partial charge in [0.2, 0.25) is 0 Å². The Labute approximate surface area is 139 Å². The minimum Gasteiger partial charge on any atom is -0.304 e. The molecule has 3 nitrogen and oxygen atoms in total. The molecular weight excluding hydrogens is 282 g/mol. The van der Waals surface area contributed by atoms with Crippen LogP contribution in [0.4, 0.5) is 0 Å². The summed E-state index contributed by atoms with van der Waals surface area (Å²) in [7, 11) is 4.18. The highest BCUT2D eigenvalue weighted by Gasteiger charge is 2.14. The number of aryl methyl sites for hydroxylation is 2. The van der Waals surface area contributed by atoms with Crippen LogP contribution in [0.3, 0.4) is 0 Å². The molecule has 0 radical (unpaired) electrons. The van der Waals surface area contributed by atoms with E-state index in [1.165, 1.54) is 22.4 Å². The molecule has 0 aliphatic heterocycles. The van der Waals surface area contributed by atoms with E-state index < -0.39 is 0 Å². The monoisotopic (exact) mass is 309 g/mol. The number of hydrogen-bond donors (Lipinski definition) is 0. The molecule has 3 rings (SSSR count). The largest absolute Gasteiger partial charge is 0.304 e. The summed E-state index contributed by atoms with van der Waals surface area (Å²) in [6.45, 7) is 9.09. The van der Waals surface area contributed by atoms with Gasteiger partial charge in [-0.05, 0) is 39.6 Å². The molecule has 0 aliphatic carbocycles. The van der Waals surface area contributed by atoms with Crippen molar-refractivity contribution < 1.29 is 0 Å². The maximum absolute atomic E-state index is 4.84. The molecular formula is C20H27N3. The van der Waals surface area contributed by atoms with Crippen LogP contribution in [0.5, 0.6) is 0 Å². The van der Waals surface area contributed by atoms with Gasteiger partial charge in [-0.15, -0.1) is 0 Å². The van der Waals surface area contributed by atoms with Crippen molar-refractivity contribution in [2.75, 3.05) is 14.1 Å². The molecule has 1 aromatic carbocycles. The number of fused-ring (bicyclic) bond motifs is 1. The van der Waals surface area contributed by atoms with Crippen molar-refractivity contribution in [2.45, 2.75) is 34.2 Å². The molecule has 0 N–H and O–H groups in total. The minimum absolute atomic E-state index is 0.869. The Bertz CT molecular complexity index is 767. The van der Waals surface area contributed by atoms with Gasteiger partial charge in [0.1, 0.15) is 5.65 Å². The second-order valence-electron chi connectivity index (χ2n) is 5.95. The maximum Gasteiger partial charge on any atom is 0.137 e. The van der Waals surface area contributed by atoms with Gasteiger partial charge in [-0.2, -0.15) is 0 Å². The summed E-state index contributed by atoms with van der Waals surface area (Å²) in [5.74, 6) is 0. The summed E-state index contributed by atoms with van der Waals surface area (Å²) in [5, 5.41) is 0. The smallest absolute Gasteiger partial charge is 0.137 e. The molecule has 23 heavy (non-hydrogen) atoms. The van der Waals surface area contributed by atoms with Crippen molar-refractivity contribution >= 4 is 5.65 Å². The van der Waals surface area contributed by atoms with E-state index in [1.54, 1.807) is 0 Å². The van der Waals surface area contributed by atoms with Gasteiger partial charge in [-0.1, -0.05) is 49.7 Å². The zero-order chi connectivity index (χ0) is 17.0. The quantitative estimate of drug-likeness (QED) is 0.698. The first kappa shape index (κ1) is 17.2. The molecule has 0 atom stereocenters. The van der Waals surface area contributed by atoms with Crippen LogP contribution in [0.2, 0.25) is 0 Å². The Morgan fingerprint density at radius 2 is 1.52 bits per heavy atom. The van der Waals surface area contributed by atoms with Gasteiger partial charge >= 0.3 is 0 Å². The van der Waals surface area contributed by atoms with Crippen LogP contribution in [0.15, 0.2) is 42.6 Å². The van der Waals surface area contributed by atoms with Gasteiger partial charge in [0.25, 0.3) is 0 Å². The van der Waals surface area contributed by atoms with Crippen molar-refractivity contribution in [2.24, 2.45) is 0 Å². The number of hydrogen-bond acceptors (Lipinski definition) is 2. The fraction of sp³-hybridized carbons (Fsp3) is 0.350. The summed E-state index contributed by atoms with van der Waals surface area (Å²) in [4.78, 5) is 7.03. The number of pyridine rings is 1. The topological polar surface area (TPSA) is 20.5 Å². The van der Waals surface area contributed by atoms with E-state index in [9.17, 15) is 0 Å². The Kier molecular flexibility index (Phi) is 5.56. The van der Waals surface area contributed by atoms with E-state index in [0.717, 1.165) is 17.9 Å². The van der Waals surface area contributed by atoms with Crippen LogP contribution in [-0.4, -0.2) is 28.4 Å². The average molecular weight is 309 g/mol. The lowest BCUT2D eigenvalue weighted by Gasteiger charge is -2.12. The number of imidazole rings is 1. The van der Waals surface area contributed by atoms with E-state index in [-0.39, 0.29) is 0 Å². The van der Waals surface area contributed by atoms with E-state index in [0.29, 0.717) is 0 Å². The Morgan fingerprint density at radius 3 is 2.13 bits per heavy atom. The minimum atomic E-state index is 0.869. The van der Waals surface area contributed by atoms with Crippen molar-refractivity contribution in [3.8, 4) is 11.3 Å². The lowest BCUT2D eigenvalue weighted by molar-refractivity contribution is 0.396. The molecule has 0 unspecified atom stereocenters. The fourth-order valence-electron chi connectivity index (χ4n) is 2.59. The molecule has 0 fully saturated rings. The average Bonchev–Trinajstić information content (AvgIpc) is 2.87. The van der Waals surface area contributed by atoms with Crippen molar-refractivity contribution in [3.63, 3.8) is 0 Å². The zero-order valence-electron chi connectivity index (χ0n) is 15.1. The summed E-state index contributed by atoms with van der Waals surface area (Å²) in [6, 6.07) is 12.8.